The molecule has 0 atom stereocenters. The molecule has 0 bridgehead atoms. The molecule has 1 aromatic carbocycles. The van der Waals surface area contributed by atoms with Crippen LogP contribution in [-0.4, -0.2) is 59.3 Å². The van der Waals surface area contributed by atoms with Crippen molar-refractivity contribution in [3.8, 4) is 0 Å². The number of aryl methyl sites for hydroxylation is 2. The van der Waals surface area contributed by atoms with E-state index >= 15 is 0 Å². The Morgan fingerprint density at radius 3 is 2.51 bits per heavy atom. The highest BCUT2D eigenvalue weighted by Crippen LogP contribution is 2.23. The number of carbonyl (C=O) groups is 1. The van der Waals surface area contributed by atoms with Crippen LogP contribution in [0.4, 0.5) is 5.82 Å². The highest BCUT2D eigenvalue weighted by Gasteiger charge is 2.23. The number of amides is 1. The minimum atomic E-state index is -3.55. The molecule has 4 rings (SSSR count). The Hall–Kier alpha value is -2.98. The number of carbonyl (C=O) groups excluding carboxylic acids is 1. The number of anilines is 1. The van der Waals surface area contributed by atoms with E-state index in [1.54, 1.807) is 18.2 Å². The Balaban J connectivity index is 1.36. The first-order valence-corrected chi connectivity index (χ1v) is 13.7. The van der Waals surface area contributed by atoms with Crippen LogP contribution in [-0.2, 0) is 34.8 Å². The van der Waals surface area contributed by atoms with Crippen LogP contribution in [0, 0.1) is 0 Å². The zero-order chi connectivity index (χ0) is 25.0. The van der Waals surface area contributed by atoms with Gasteiger partial charge in [-0.3, -0.25) is 4.79 Å². The Bertz CT molecular complexity index is 1280. The minimum Gasteiger partial charge on any atom is -0.357 e. The second kappa shape index (κ2) is 10.7. The van der Waals surface area contributed by atoms with Gasteiger partial charge in [-0.2, -0.15) is 4.31 Å². The van der Waals surface area contributed by atoms with E-state index in [2.05, 4.69) is 20.2 Å². The molecular weight excluding hydrogens is 464 g/mol. The third kappa shape index (κ3) is 5.48. The number of rotatable bonds is 10. The average Bonchev–Trinajstić information content (AvgIpc) is 3.50. The molecule has 1 aliphatic heterocycles. The summed E-state index contributed by atoms with van der Waals surface area (Å²) in [6, 6.07) is 9.04. The van der Waals surface area contributed by atoms with Crippen LogP contribution in [0.5, 0.6) is 0 Å². The summed E-state index contributed by atoms with van der Waals surface area (Å²) >= 11 is 0. The molecule has 3 heterocycles. The summed E-state index contributed by atoms with van der Waals surface area (Å²) in [6.45, 7) is 7.02. The Labute approximate surface area is 207 Å². The quantitative estimate of drug-likeness (QED) is 0.461. The van der Waals surface area contributed by atoms with E-state index in [-0.39, 0.29) is 10.8 Å². The van der Waals surface area contributed by atoms with Crippen LogP contribution >= 0.6 is 0 Å². The van der Waals surface area contributed by atoms with E-state index in [0.29, 0.717) is 38.0 Å². The van der Waals surface area contributed by atoms with Crippen LogP contribution in [0.1, 0.15) is 44.5 Å². The fourth-order valence-electron chi connectivity index (χ4n) is 4.50. The Kier molecular flexibility index (Phi) is 7.71. The topological polar surface area (TPSA) is 100 Å². The van der Waals surface area contributed by atoms with Crippen molar-refractivity contribution < 1.29 is 13.2 Å². The van der Waals surface area contributed by atoms with Crippen molar-refractivity contribution in [3.63, 3.8) is 0 Å². The van der Waals surface area contributed by atoms with E-state index in [9.17, 15) is 13.2 Å². The van der Waals surface area contributed by atoms with Gasteiger partial charge in [0.1, 0.15) is 11.6 Å². The van der Waals surface area contributed by atoms with Crippen LogP contribution in [0.3, 0.4) is 0 Å². The minimum absolute atomic E-state index is 0.0644. The first-order valence-electron chi connectivity index (χ1n) is 12.3. The molecule has 0 spiro atoms. The first-order chi connectivity index (χ1) is 16.8. The maximum Gasteiger partial charge on any atom is 0.243 e. The van der Waals surface area contributed by atoms with Gasteiger partial charge in [-0.15, -0.1) is 0 Å². The summed E-state index contributed by atoms with van der Waals surface area (Å²) in [5.41, 5.74) is 2.41. The van der Waals surface area contributed by atoms with Gasteiger partial charge in [0.05, 0.1) is 15.9 Å². The molecule has 1 N–H and O–H groups in total. The lowest BCUT2D eigenvalue weighted by atomic mass is 10.2. The third-order valence-electron chi connectivity index (χ3n) is 6.59. The summed E-state index contributed by atoms with van der Waals surface area (Å²) in [6.07, 6.45) is 4.99. The smallest absolute Gasteiger partial charge is 0.243 e. The maximum absolute atomic E-state index is 12.9. The summed E-state index contributed by atoms with van der Waals surface area (Å²) in [4.78, 5) is 24.1. The zero-order valence-electron chi connectivity index (χ0n) is 20.7. The number of nitrogens with one attached hydrogen (secondary N) is 1. The Morgan fingerprint density at radius 2 is 1.86 bits per heavy atom. The predicted molar refractivity (Wildman–Crippen MR) is 137 cm³/mol. The normalized spacial score (nSPS) is 14.2. The monoisotopic (exact) mass is 498 g/mol. The van der Waals surface area contributed by atoms with Gasteiger partial charge in [0, 0.05) is 58.8 Å². The molecule has 0 saturated carbocycles. The van der Waals surface area contributed by atoms with Crippen molar-refractivity contribution in [2.75, 3.05) is 31.1 Å². The number of aromatic nitrogens is 3. The van der Waals surface area contributed by atoms with Gasteiger partial charge in [-0.1, -0.05) is 19.9 Å². The van der Waals surface area contributed by atoms with Crippen LogP contribution < -0.4 is 10.2 Å². The largest absolute Gasteiger partial charge is 0.357 e. The van der Waals surface area contributed by atoms with Crippen molar-refractivity contribution in [1.29, 1.82) is 0 Å². The maximum atomic E-state index is 12.9. The van der Waals surface area contributed by atoms with Gasteiger partial charge in [0.2, 0.25) is 15.9 Å². The molecule has 0 aliphatic carbocycles. The second-order valence-corrected chi connectivity index (χ2v) is 10.8. The number of imidazole rings is 1. The molecule has 1 saturated heterocycles. The first kappa shape index (κ1) is 25.1. The predicted octanol–water partition coefficient (Wildman–Crippen LogP) is 2.85. The Morgan fingerprint density at radius 1 is 1.11 bits per heavy atom. The number of fused-ring (bicyclic) bond motifs is 1. The van der Waals surface area contributed by atoms with Crippen molar-refractivity contribution in [1.82, 2.24) is 24.2 Å². The lowest BCUT2D eigenvalue weighted by Crippen LogP contribution is -2.30. The van der Waals surface area contributed by atoms with Crippen molar-refractivity contribution >= 4 is 32.8 Å². The fraction of sp³-hybridized carbons (Fsp3) is 0.480. The van der Waals surface area contributed by atoms with Gasteiger partial charge in [-0.25, -0.2) is 18.4 Å². The van der Waals surface area contributed by atoms with Crippen LogP contribution in [0.15, 0.2) is 41.4 Å². The molecule has 0 radical (unpaired) electrons. The molecule has 1 aliphatic rings. The van der Waals surface area contributed by atoms with Gasteiger partial charge >= 0.3 is 0 Å². The zero-order valence-corrected chi connectivity index (χ0v) is 21.5. The average molecular weight is 499 g/mol. The molecule has 9 nitrogen and oxygen atoms in total. The standard InChI is InChI=1S/C25H34N6O3S/c1-4-31(5-2)35(33,34)20-9-10-22-21(16-20)28-24(29(22)3)12-13-25(32)27-18-19-8-11-23(26-17-19)30-14-6-7-15-30/h8-11,16-17H,4-7,12-15,18H2,1-3H3,(H,27,32). The highest BCUT2D eigenvalue weighted by atomic mass is 32.2. The van der Waals surface area contributed by atoms with Crippen molar-refractivity contribution in [2.45, 2.75) is 51.0 Å². The molecule has 35 heavy (non-hydrogen) atoms. The molecule has 1 fully saturated rings. The number of sulfonamides is 1. The van der Waals surface area contributed by atoms with Crippen LogP contribution in [0.2, 0.25) is 0 Å². The van der Waals surface area contributed by atoms with E-state index in [1.807, 2.05) is 43.8 Å². The van der Waals surface area contributed by atoms with Crippen molar-refractivity contribution in [2.24, 2.45) is 7.05 Å². The van der Waals surface area contributed by atoms with E-state index in [4.69, 9.17) is 0 Å². The van der Waals surface area contributed by atoms with E-state index in [1.165, 1.54) is 17.1 Å². The fourth-order valence-corrected chi connectivity index (χ4v) is 5.97. The summed E-state index contributed by atoms with van der Waals surface area (Å²) in [5.74, 6) is 1.67. The van der Waals surface area contributed by atoms with Gasteiger partial charge in [-0.05, 0) is 42.7 Å². The number of hydrogen-bond donors (Lipinski definition) is 1. The molecule has 2 aromatic heterocycles. The lowest BCUT2D eigenvalue weighted by molar-refractivity contribution is -0.121. The van der Waals surface area contributed by atoms with Gasteiger partial charge in [0.15, 0.2) is 0 Å². The molecule has 188 valence electrons. The molecule has 10 heteroatoms. The number of hydrogen-bond acceptors (Lipinski definition) is 6. The van der Waals surface area contributed by atoms with Crippen molar-refractivity contribution in [3.05, 3.63) is 47.9 Å². The summed E-state index contributed by atoms with van der Waals surface area (Å²) < 4.78 is 29.0. The highest BCUT2D eigenvalue weighted by molar-refractivity contribution is 7.89. The number of benzene rings is 1. The van der Waals surface area contributed by atoms with Gasteiger partial charge < -0.3 is 14.8 Å². The molecule has 1 amide bonds. The third-order valence-corrected chi connectivity index (χ3v) is 8.64. The molecule has 3 aromatic rings. The molecule has 0 unspecified atom stereocenters. The van der Waals surface area contributed by atoms with E-state index in [0.717, 1.165) is 35.8 Å². The number of pyridine rings is 1. The molecular formula is C25H34N6O3S. The van der Waals surface area contributed by atoms with Gasteiger partial charge in [0.25, 0.3) is 0 Å². The lowest BCUT2D eigenvalue weighted by Gasteiger charge is -2.18. The SMILES string of the molecule is CCN(CC)S(=O)(=O)c1ccc2c(c1)nc(CCC(=O)NCc1ccc(N3CCCC3)nc1)n2C. The second-order valence-electron chi connectivity index (χ2n) is 8.82. The summed E-state index contributed by atoms with van der Waals surface area (Å²) in [7, 11) is -1.67. The van der Waals surface area contributed by atoms with E-state index < -0.39 is 10.0 Å². The number of nitrogens with zero attached hydrogens (tertiary/aromatic N) is 5. The van der Waals surface area contributed by atoms with Crippen LogP contribution in [0.25, 0.3) is 11.0 Å². The summed E-state index contributed by atoms with van der Waals surface area (Å²) in [5, 5.41) is 2.95.